The Labute approximate surface area is 197 Å². The molecule has 0 aromatic rings. The van der Waals surface area contributed by atoms with Crippen LogP contribution in [0.25, 0.3) is 0 Å². The number of aliphatic carboxylic acids is 2. The highest BCUT2D eigenvalue weighted by atomic mass is 16.8. The zero-order valence-electron chi connectivity index (χ0n) is 18.2. The molecule has 2 heterocycles. The van der Waals surface area contributed by atoms with Gasteiger partial charge in [0.05, 0.1) is 25.9 Å². The standard InChI is InChI=1S/C19H30O16/c1-2-3-32-18(16(28)29)4-9(10(24)13(34-18)7(22)5-20)33-19(17(30)31)15(27)12(26)11(25)14(35-19)8(23)6-21/h2,7-15,20-27H,1,3-6H2,(H,28,29)(H,30,31)/t7-,8-,9-,10-,11-,12+,13-,14-,15+,18-,19-/m1/s1. The van der Waals surface area contributed by atoms with Gasteiger partial charge in [-0.15, -0.1) is 6.58 Å². The predicted octanol–water partition coefficient (Wildman–Crippen LogP) is -5.53. The summed E-state index contributed by atoms with van der Waals surface area (Å²) in [5, 5.41) is 99.6. The molecule has 11 atom stereocenters. The molecule has 0 bridgehead atoms. The normalized spacial score (nSPS) is 41.7. The third-order valence-corrected chi connectivity index (χ3v) is 5.74. The van der Waals surface area contributed by atoms with Gasteiger partial charge in [0, 0.05) is 6.42 Å². The first-order valence-electron chi connectivity index (χ1n) is 10.4. The highest BCUT2D eigenvalue weighted by Gasteiger charge is 2.64. The lowest BCUT2D eigenvalue weighted by Gasteiger charge is -2.51. The first-order chi connectivity index (χ1) is 16.3. The van der Waals surface area contributed by atoms with Crippen molar-refractivity contribution in [2.75, 3.05) is 19.8 Å². The maximum atomic E-state index is 12.2. The van der Waals surface area contributed by atoms with Gasteiger partial charge in [-0.2, -0.15) is 0 Å². The van der Waals surface area contributed by atoms with Crippen LogP contribution in [-0.2, 0) is 28.5 Å². The van der Waals surface area contributed by atoms with Gasteiger partial charge >= 0.3 is 11.9 Å². The lowest BCUT2D eigenvalue weighted by Crippen LogP contribution is -2.73. The van der Waals surface area contributed by atoms with E-state index in [4.69, 9.17) is 18.9 Å². The van der Waals surface area contributed by atoms with Crippen LogP contribution in [0, 0.1) is 0 Å². The molecule has 0 saturated carbocycles. The van der Waals surface area contributed by atoms with E-state index in [2.05, 4.69) is 6.58 Å². The zero-order chi connectivity index (χ0) is 26.7. The van der Waals surface area contributed by atoms with Gasteiger partial charge in [0.1, 0.15) is 48.8 Å². The molecule has 10 N–H and O–H groups in total. The molecule has 35 heavy (non-hydrogen) atoms. The second-order valence-corrected chi connectivity index (χ2v) is 8.07. The minimum absolute atomic E-state index is 0.435. The van der Waals surface area contributed by atoms with E-state index >= 15 is 0 Å². The first-order valence-corrected chi connectivity index (χ1v) is 10.4. The molecule has 2 rings (SSSR count). The molecule has 0 aromatic carbocycles. The van der Waals surface area contributed by atoms with E-state index in [1.54, 1.807) is 0 Å². The number of ether oxygens (including phenoxy) is 4. The fourth-order valence-corrected chi connectivity index (χ4v) is 3.85. The maximum absolute atomic E-state index is 12.2. The monoisotopic (exact) mass is 514 g/mol. The van der Waals surface area contributed by atoms with Gasteiger partial charge < -0.3 is 70.0 Å². The summed E-state index contributed by atoms with van der Waals surface area (Å²) in [4.78, 5) is 24.2. The quantitative estimate of drug-likeness (QED) is 0.115. The summed E-state index contributed by atoms with van der Waals surface area (Å²) in [6.07, 6.45) is -18.7. The Hall–Kier alpha value is -1.80. The third kappa shape index (κ3) is 5.48. The fraction of sp³-hybridized carbons (Fsp3) is 0.789. The molecule has 2 aliphatic heterocycles. The summed E-state index contributed by atoms with van der Waals surface area (Å²) in [7, 11) is 0. The van der Waals surface area contributed by atoms with E-state index in [9.17, 15) is 60.7 Å². The number of hydrogen-bond donors (Lipinski definition) is 10. The summed E-state index contributed by atoms with van der Waals surface area (Å²) in [5.74, 6) is -9.94. The molecule has 16 heteroatoms. The van der Waals surface area contributed by atoms with Crippen molar-refractivity contribution in [1.82, 2.24) is 0 Å². The minimum atomic E-state index is -3.33. The lowest BCUT2D eigenvalue weighted by molar-refractivity contribution is -0.394. The van der Waals surface area contributed by atoms with Gasteiger partial charge in [0.25, 0.3) is 11.6 Å². The second kappa shape index (κ2) is 11.5. The zero-order valence-corrected chi connectivity index (χ0v) is 18.2. The highest BCUT2D eigenvalue weighted by molar-refractivity contribution is 5.77. The van der Waals surface area contributed by atoms with Crippen LogP contribution in [0.2, 0.25) is 0 Å². The second-order valence-electron chi connectivity index (χ2n) is 8.07. The molecule has 2 fully saturated rings. The molecule has 0 spiro atoms. The fourth-order valence-electron chi connectivity index (χ4n) is 3.85. The van der Waals surface area contributed by atoms with Gasteiger partial charge in [0.15, 0.2) is 0 Å². The molecular weight excluding hydrogens is 484 g/mol. The molecule has 2 aliphatic rings. The van der Waals surface area contributed by atoms with Crippen LogP contribution in [0.15, 0.2) is 12.7 Å². The molecule has 0 aromatic heterocycles. The molecule has 0 aliphatic carbocycles. The predicted molar refractivity (Wildman–Crippen MR) is 106 cm³/mol. The minimum Gasteiger partial charge on any atom is -0.477 e. The van der Waals surface area contributed by atoms with Gasteiger partial charge in [-0.1, -0.05) is 6.08 Å². The number of aliphatic hydroxyl groups excluding tert-OH is 8. The summed E-state index contributed by atoms with van der Waals surface area (Å²) >= 11 is 0. The van der Waals surface area contributed by atoms with Crippen molar-refractivity contribution in [3.05, 3.63) is 12.7 Å². The van der Waals surface area contributed by atoms with Crippen LogP contribution < -0.4 is 0 Å². The van der Waals surface area contributed by atoms with Crippen LogP contribution in [0.5, 0.6) is 0 Å². The van der Waals surface area contributed by atoms with E-state index < -0.39 is 105 Å². The Bertz CT molecular complexity index is 763. The number of carboxylic acid groups (broad SMARTS) is 2. The molecule has 2 saturated heterocycles. The van der Waals surface area contributed by atoms with Crippen molar-refractivity contribution in [2.24, 2.45) is 0 Å². The van der Waals surface area contributed by atoms with Gasteiger partial charge in [-0.3, -0.25) is 0 Å². The number of rotatable bonds is 11. The Morgan fingerprint density at radius 3 is 1.94 bits per heavy atom. The summed E-state index contributed by atoms with van der Waals surface area (Å²) < 4.78 is 20.8. The number of carbonyl (C=O) groups is 2. The van der Waals surface area contributed by atoms with Gasteiger partial charge in [-0.25, -0.2) is 9.59 Å². The van der Waals surface area contributed by atoms with Crippen LogP contribution in [-0.4, -0.2) is 149 Å². The van der Waals surface area contributed by atoms with Crippen molar-refractivity contribution in [3.8, 4) is 0 Å². The Kier molecular flexibility index (Phi) is 9.67. The number of hydrogen-bond acceptors (Lipinski definition) is 14. The first kappa shape index (κ1) is 29.4. The van der Waals surface area contributed by atoms with Crippen LogP contribution in [0.3, 0.4) is 0 Å². The molecule has 16 nitrogen and oxygen atoms in total. The van der Waals surface area contributed by atoms with E-state index in [-0.39, 0.29) is 0 Å². The van der Waals surface area contributed by atoms with Crippen molar-refractivity contribution < 1.29 is 79.6 Å². The Balaban J connectivity index is 2.55. The molecule has 0 unspecified atom stereocenters. The number of carboxylic acids is 2. The molecule has 0 amide bonds. The maximum Gasteiger partial charge on any atom is 0.367 e. The van der Waals surface area contributed by atoms with Gasteiger partial charge in [0.2, 0.25) is 0 Å². The SMILES string of the molecule is C=CCO[C@]1(C(=O)O)C[C@@H](O[C@@]2(C(=O)O)O[C@H]([C@H](O)CO)[C@H](O)[C@H](O)[C@@H]2O)[C@@H](O)[C@@H]([C@H](O)CO)O1. The van der Waals surface area contributed by atoms with Crippen molar-refractivity contribution in [2.45, 2.75) is 72.9 Å². The summed E-state index contributed by atoms with van der Waals surface area (Å²) in [5.41, 5.74) is 0. The Morgan fingerprint density at radius 2 is 1.49 bits per heavy atom. The van der Waals surface area contributed by atoms with Crippen LogP contribution >= 0.6 is 0 Å². The third-order valence-electron chi connectivity index (χ3n) is 5.74. The molecule has 202 valence electrons. The van der Waals surface area contributed by atoms with Crippen molar-refractivity contribution >= 4 is 11.9 Å². The largest absolute Gasteiger partial charge is 0.477 e. The van der Waals surface area contributed by atoms with Crippen LogP contribution in [0.4, 0.5) is 0 Å². The van der Waals surface area contributed by atoms with E-state index in [0.717, 1.165) is 6.08 Å². The van der Waals surface area contributed by atoms with Crippen molar-refractivity contribution in [3.63, 3.8) is 0 Å². The summed E-state index contributed by atoms with van der Waals surface area (Å²) in [6.45, 7) is 0.817. The Morgan fingerprint density at radius 1 is 0.943 bits per heavy atom. The average molecular weight is 514 g/mol. The highest BCUT2D eigenvalue weighted by Crippen LogP contribution is 2.40. The van der Waals surface area contributed by atoms with Gasteiger partial charge in [-0.05, 0) is 0 Å². The topological polar surface area (TPSA) is 273 Å². The van der Waals surface area contributed by atoms with E-state index in [1.807, 2.05) is 0 Å². The number of aliphatic hydroxyl groups is 8. The molecular formula is C19H30O16. The molecule has 0 radical (unpaired) electrons. The average Bonchev–Trinajstić information content (AvgIpc) is 2.83. The lowest BCUT2D eigenvalue weighted by atomic mass is 9.88. The summed E-state index contributed by atoms with van der Waals surface area (Å²) in [6, 6.07) is 0. The van der Waals surface area contributed by atoms with Crippen molar-refractivity contribution in [1.29, 1.82) is 0 Å². The van der Waals surface area contributed by atoms with E-state index in [1.165, 1.54) is 0 Å². The smallest absolute Gasteiger partial charge is 0.367 e. The van der Waals surface area contributed by atoms with Crippen LogP contribution in [0.1, 0.15) is 6.42 Å². The van der Waals surface area contributed by atoms with E-state index in [0.29, 0.717) is 0 Å².